The van der Waals surface area contributed by atoms with Gasteiger partial charge in [-0.2, -0.15) is 0 Å². The smallest absolute Gasteiger partial charge is 0.175 e. The molecule has 3 nitrogen and oxygen atoms in total. The van der Waals surface area contributed by atoms with Crippen molar-refractivity contribution >= 4 is 52.4 Å². The molecule has 1 saturated heterocycles. The third kappa shape index (κ3) is 5.50. The van der Waals surface area contributed by atoms with Crippen LogP contribution in [0.1, 0.15) is 64.0 Å². The molecular formula is C28H33Cl2N3S. The lowest BCUT2D eigenvalue weighted by Crippen LogP contribution is -2.51. The number of hydrogen-bond donors (Lipinski definition) is 1. The van der Waals surface area contributed by atoms with Crippen molar-refractivity contribution < 1.29 is 0 Å². The van der Waals surface area contributed by atoms with Gasteiger partial charge in [-0.3, -0.25) is 4.99 Å². The Hall–Kier alpha value is -1.88. The molecule has 2 fully saturated rings. The molecule has 1 aliphatic carbocycles. The van der Waals surface area contributed by atoms with E-state index < -0.39 is 0 Å². The number of nitrogens with zero attached hydrogens (tertiary/aromatic N) is 2. The predicted octanol–water partition coefficient (Wildman–Crippen LogP) is 7.91. The average molecular weight is 515 g/mol. The van der Waals surface area contributed by atoms with Gasteiger partial charge in [-0.15, -0.1) is 0 Å². The lowest BCUT2D eigenvalue weighted by molar-refractivity contribution is 0.192. The Labute approximate surface area is 219 Å². The summed E-state index contributed by atoms with van der Waals surface area (Å²) in [7, 11) is 0. The highest BCUT2D eigenvalue weighted by atomic mass is 35.5. The van der Waals surface area contributed by atoms with Crippen molar-refractivity contribution in [3.8, 4) is 0 Å². The van der Waals surface area contributed by atoms with E-state index in [0.29, 0.717) is 10.0 Å². The highest BCUT2D eigenvalue weighted by molar-refractivity contribution is 7.80. The van der Waals surface area contributed by atoms with Crippen LogP contribution in [0.15, 0.2) is 59.6 Å². The van der Waals surface area contributed by atoms with E-state index in [0.717, 1.165) is 35.9 Å². The quantitative estimate of drug-likeness (QED) is 0.411. The number of hydrogen-bond acceptors (Lipinski definition) is 2. The summed E-state index contributed by atoms with van der Waals surface area (Å²) in [6.45, 7) is 7.45. The van der Waals surface area contributed by atoms with Crippen molar-refractivity contribution in [1.29, 1.82) is 0 Å². The fourth-order valence-corrected chi connectivity index (χ4v) is 5.70. The van der Waals surface area contributed by atoms with Crippen LogP contribution in [0.3, 0.4) is 0 Å². The number of amidine groups is 1. The number of thiocarbonyl (C=S) groups is 1. The summed E-state index contributed by atoms with van der Waals surface area (Å²) in [4.78, 5) is 7.73. The van der Waals surface area contributed by atoms with Crippen molar-refractivity contribution in [2.24, 2.45) is 10.4 Å². The lowest BCUT2D eigenvalue weighted by atomic mass is 9.79. The second-order valence-electron chi connectivity index (χ2n) is 10.4. The summed E-state index contributed by atoms with van der Waals surface area (Å²) in [5.41, 5.74) is 1.96. The first-order chi connectivity index (χ1) is 16.2. The molecular weight excluding hydrogens is 481 g/mol. The van der Waals surface area contributed by atoms with E-state index in [-0.39, 0.29) is 17.0 Å². The van der Waals surface area contributed by atoms with Gasteiger partial charge in [-0.25, -0.2) is 0 Å². The number of halogens is 2. The number of benzene rings is 2. The Bertz CT molecular complexity index is 1080. The maximum Gasteiger partial charge on any atom is 0.175 e. The van der Waals surface area contributed by atoms with Gasteiger partial charge in [0, 0.05) is 16.6 Å². The van der Waals surface area contributed by atoms with Gasteiger partial charge in [0.2, 0.25) is 0 Å². The number of rotatable bonds is 5. The highest BCUT2D eigenvalue weighted by Gasteiger charge is 2.49. The minimum absolute atomic E-state index is 0.0416. The van der Waals surface area contributed by atoms with Crippen LogP contribution < -0.4 is 5.32 Å². The molecule has 34 heavy (non-hydrogen) atoms. The van der Waals surface area contributed by atoms with Gasteiger partial charge in [0.05, 0.1) is 6.04 Å². The van der Waals surface area contributed by atoms with Crippen LogP contribution in [0.25, 0.3) is 6.08 Å². The monoisotopic (exact) mass is 513 g/mol. The predicted molar refractivity (Wildman–Crippen MR) is 150 cm³/mol. The third-order valence-electron chi connectivity index (χ3n) is 6.87. The molecule has 1 saturated carbocycles. The Kier molecular flexibility index (Phi) is 7.71. The van der Waals surface area contributed by atoms with Gasteiger partial charge >= 0.3 is 0 Å². The van der Waals surface area contributed by atoms with Gasteiger partial charge in [0.15, 0.2) is 5.11 Å². The second-order valence-corrected chi connectivity index (χ2v) is 11.6. The highest BCUT2D eigenvalue weighted by Crippen LogP contribution is 2.40. The summed E-state index contributed by atoms with van der Waals surface area (Å²) in [6.07, 6.45) is 9.98. The molecule has 1 spiro atoms. The van der Waals surface area contributed by atoms with Crippen LogP contribution in [0.5, 0.6) is 0 Å². The zero-order chi connectivity index (χ0) is 24.3. The van der Waals surface area contributed by atoms with Gasteiger partial charge in [-0.1, -0.05) is 112 Å². The minimum Gasteiger partial charge on any atom is -0.332 e. The van der Waals surface area contributed by atoms with E-state index in [1.54, 1.807) is 6.07 Å². The molecule has 4 rings (SSSR count). The van der Waals surface area contributed by atoms with Crippen LogP contribution in [0, 0.1) is 5.41 Å². The first kappa shape index (κ1) is 25.2. The largest absolute Gasteiger partial charge is 0.332 e. The second kappa shape index (κ2) is 10.4. The Morgan fingerprint density at radius 1 is 1.09 bits per heavy atom. The molecule has 0 bridgehead atoms. The molecule has 1 N–H and O–H groups in total. The van der Waals surface area contributed by atoms with Crippen LogP contribution in [-0.4, -0.2) is 27.4 Å². The number of aliphatic imine (C=N–C) groups is 1. The summed E-state index contributed by atoms with van der Waals surface area (Å²) < 4.78 is 0. The molecule has 2 aromatic rings. The first-order valence-corrected chi connectivity index (χ1v) is 13.2. The molecule has 180 valence electrons. The van der Waals surface area contributed by atoms with E-state index in [4.69, 9.17) is 40.4 Å². The van der Waals surface area contributed by atoms with Crippen molar-refractivity contribution in [2.75, 3.05) is 0 Å². The fourth-order valence-electron chi connectivity index (χ4n) is 4.89. The average Bonchev–Trinajstić information content (AvgIpc) is 3.03. The van der Waals surface area contributed by atoms with Gasteiger partial charge in [0.1, 0.15) is 11.4 Å². The fraction of sp³-hybridized carbons (Fsp3) is 0.429. The first-order valence-electron chi connectivity index (χ1n) is 12.0. The summed E-state index contributed by atoms with van der Waals surface area (Å²) in [5.74, 6) is 1.01. The van der Waals surface area contributed by atoms with Gasteiger partial charge in [0.25, 0.3) is 0 Å². The van der Waals surface area contributed by atoms with E-state index in [1.165, 1.54) is 24.8 Å². The van der Waals surface area contributed by atoms with Crippen LogP contribution in [0.2, 0.25) is 10.0 Å². The maximum absolute atomic E-state index is 6.42. The van der Waals surface area contributed by atoms with Crippen LogP contribution in [0.4, 0.5) is 0 Å². The Morgan fingerprint density at radius 3 is 2.44 bits per heavy atom. The maximum atomic E-state index is 6.42. The Balaban J connectivity index is 1.69. The van der Waals surface area contributed by atoms with E-state index in [9.17, 15) is 0 Å². The lowest BCUT2D eigenvalue weighted by Gasteiger charge is -2.41. The van der Waals surface area contributed by atoms with Crippen molar-refractivity contribution in [3.05, 3.63) is 75.8 Å². The van der Waals surface area contributed by atoms with E-state index >= 15 is 0 Å². The molecule has 2 aromatic carbocycles. The molecule has 0 aromatic heterocycles. The van der Waals surface area contributed by atoms with Crippen molar-refractivity contribution in [3.63, 3.8) is 0 Å². The van der Waals surface area contributed by atoms with Crippen LogP contribution in [-0.2, 0) is 6.54 Å². The molecule has 1 atom stereocenters. The summed E-state index contributed by atoms with van der Waals surface area (Å²) in [6, 6.07) is 16.1. The van der Waals surface area contributed by atoms with Gasteiger partial charge in [-0.05, 0) is 53.7 Å². The Morgan fingerprint density at radius 2 is 1.79 bits per heavy atom. The molecule has 0 radical (unpaired) electrons. The molecule has 1 heterocycles. The molecule has 6 heteroatoms. The zero-order valence-electron chi connectivity index (χ0n) is 20.2. The molecule has 0 unspecified atom stereocenters. The number of nitrogens with one attached hydrogen (secondary N) is 1. The van der Waals surface area contributed by atoms with E-state index in [2.05, 4.69) is 73.5 Å². The topological polar surface area (TPSA) is 27.6 Å². The SMILES string of the molecule is CC(C)(C)[C@@H](/C=C/c1ccc(Cl)cc1Cl)N=C1NC(=S)N(Cc2ccccc2)C12CCCCC2. The molecule has 2 aliphatic rings. The minimum atomic E-state index is -0.166. The summed E-state index contributed by atoms with van der Waals surface area (Å²) in [5, 5.41) is 5.59. The van der Waals surface area contributed by atoms with Crippen LogP contribution >= 0.6 is 35.4 Å². The normalized spacial score (nSPS) is 20.3. The third-order valence-corrected chi connectivity index (χ3v) is 7.75. The molecule has 0 amide bonds. The zero-order valence-corrected chi connectivity index (χ0v) is 22.5. The van der Waals surface area contributed by atoms with E-state index in [1.807, 2.05) is 12.1 Å². The summed E-state index contributed by atoms with van der Waals surface area (Å²) >= 11 is 18.4. The standard InChI is InChI=1S/C28H33Cl2N3S/c1-27(2,3)24(15-13-21-12-14-22(29)18-23(21)30)31-25-28(16-8-5-9-17-28)33(26(34)32-25)19-20-10-6-4-7-11-20/h4,6-7,10-15,18,24H,5,8-9,16-17,19H2,1-3H3,(H,31,32,34)/b15-13+/t24-/m1/s1. The van der Waals surface area contributed by atoms with Crippen molar-refractivity contribution in [2.45, 2.75) is 71.0 Å². The van der Waals surface area contributed by atoms with Gasteiger partial charge < -0.3 is 10.2 Å². The van der Waals surface area contributed by atoms with Crippen molar-refractivity contribution in [1.82, 2.24) is 10.2 Å². The molecule has 1 aliphatic heterocycles.